The lowest BCUT2D eigenvalue weighted by Gasteiger charge is -2.01. The molecule has 0 heterocycles. The highest BCUT2D eigenvalue weighted by Gasteiger charge is 2.02. The number of hydrogen-bond donors (Lipinski definition) is 1. The average molecular weight is 469 g/mol. The molecule has 25 heavy (non-hydrogen) atoms. The number of carbonyl (C=O) groups is 1. The zero-order valence-electron chi connectivity index (χ0n) is 14.7. The molecule has 2 aromatic rings. The Labute approximate surface area is 166 Å². The van der Waals surface area contributed by atoms with Crippen LogP contribution in [0, 0.1) is 13.8 Å². The molecule has 0 radical (unpaired) electrons. The number of ether oxygens (including phenoxy) is 1. The number of benzene rings is 2. The molecule has 0 spiro atoms. The summed E-state index contributed by atoms with van der Waals surface area (Å²) in [6, 6.07) is 11.8. The van der Waals surface area contributed by atoms with Crippen molar-refractivity contribution >= 4 is 43.3 Å². The summed E-state index contributed by atoms with van der Waals surface area (Å²) in [6.07, 6.45) is 3.33. The van der Waals surface area contributed by atoms with Crippen LogP contribution in [0.2, 0.25) is 0 Å². The van der Waals surface area contributed by atoms with Gasteiger partial charge in [0.05, 0.1) is 12.9 Å². The van der Waals surface area contributed by atoms with Gasteiger partial charge in [0.15, 0.2) is 5.78 Å². The monoisotopic (exact) mass is 467 g/mol. The lowest BCUT2D eigenvalue weighted by molar-refractivity contribution is -0.114. The van der Waals surface area contributed by atoms with Gasteiger partial charge in [-0.05, 0) is 67.8 Å². The number of nitrogen functional groups attached to an aromatic ring is 1. The third-order valence-corrected chi connectivity index (χ3v) is 3.98. The van der Waals surface area contributed by atoms with Crippen molar-refractivity contribution in [2.24, 2.45) is 0 Å². The molecule has 0 bridgehead atoms. The van der Waals surface area contributed by atoms with E-state index < -0.39 is 0 Å². The maximum atomic E-state index is 11.5. The molecule has 0 unspecified atom stereocenters. The summed E-state index contributed by atoms with van der Waals surface area (Å²) < 4.78 is 7.02. The van der Waals surface area contributed by atoms with Crippen LogP contribution in [0.1, 0.15) is 23.6 Å². The Kier molecular flexibility index (Phi) is 9.53. The van der Waals surface area contributed by atoms with E-state index in [0.717, 1.165) is 25.8 Å². The number of aryl methyl sites for hydroxylation is 2. The molecule has 5 heteroatoms. The van der Waals surface area contributed by atoms with Crippen LogP contribution in [0.25, 0.3) is 0 Å². The Bertz CT molecular complexity index is 672. The highest BCUT2D eigenvalue weighted by atomic mass is 79.9. The first-order valence-electron chi connectivity index (χ1n) is 7.90. The van der Waals surface area contributed by atoms with Gasteiger partial charge in [0.2, 0.25) is 0 Å². The highest BCUT2D eigenvalue weighted by molar-refractivity contribution is 9.10. The molecule has 134 valence electrons. The molecule has 0 aromatic heterocycles. The topological polar surface area (TPSA) is 52.3 Å². The predicted octanol–water partition coefficient (Wildman–Crippen LogP) is 5.76. The van der Waals surface area contributed by atoms with Crippen LogP contribution in [-0.2, 0) is 16.0 Å². The Morgan fingerprint density at radius 1 is 1.04 bits per heavy atom. The van der Waals surface area contributed by atoms with E-state index >= 15 is 0 Å². The number of halogens is 2. The molecular weight excluding hydrogens is 446 g/mol. The van der Waals surface area contributed by atoms with E-state index in [1.54, 1.807) is 0 Å². The molecule has 0 aliphatic rings. The summed E-state index contributed by atoms with van der Waals surface area (Å²) in [7, 11) is 0. The molecule has 0 saturated carbocycles. The van der Waals surface area contributed by atoms with Gasteiger partial charge in [-0.2, -0.15) is 0 Å². The van der Waals surface area contributed by atoms with E-state index in [2.05, 4.69) is 31.9 Å². The third kappa shape index (κ3) is 9.46. The van der Waals surface area contributed by atoms with E-state index in [0.29, 0.717) is 13.0 Å². The lowest BCUT2D eigenvalue weighted by atomic mass is 10.1. The number of rotatable bonds is 5. The molecule has 0 aliphatic heterocycles. The minimum atomic E-state index is 0.0472. The zero-order chi connectivity index (χ0) is 18.8. The minimum absolute atomic E-state index is 0.0472. The summed E-state index contributed by atoms with van der Waals surface area (Å²) in [5, 5.41) is 0. The maximum Gasteiger partial charge on any atom is 0.163 e. The number of hydrogen-bond acceptors (Lipinski definition) is 3. The lowest BCUT2D eigenvalue weighted by Crippen LogP contribution is -1.99. The fourth-order valence-corrected chi connectivity index (χ4v) is 3.44. The standard InChI is InChI=1S/C13H15BrO2.C7H8BrN/c1-3-16-5-4-13(15)9-11-6-10(2)7-12(14)8-11;1-5-2-6(8)4-7(9)3-5/h4-8H,3,9H2,1-2H3;2-4H,9H2,1H3/b5-4+;. The molecule has 0 amide bonds. The maximum absolute atomic E-state index is 11.5. The Morgan fingerprint density at radius 2 is 1.64 bits per heavy atom. The molecule has 3 nitrogen and oxygen atoms in total. The van der Waals surface area contributed by atoms with Crippen molar-refractivity contribution in [1.29, 1.82) is 0 Å². The van der Waals surface area contributed by atoms with E-state index in [9.17, 15) is 4.79 Å². The fraction of sp³-hybridized carbons (Fsp3) is 0.250. The van der Waals surface area contributed by atoms with Gasteiger partial charge >= 0.3 is 0 Å². The number of anilines is 1. The van der Waals surface area contributed by atoms with Crippen molar-refractivity contribution in [3.63, 3.8) is 0 Å². The number of carbonyl (C=O) groups excluding carboxylic acids is 1. The van der Waals surface area contributed by atoms with Crippen LogP contribution in [0.3, 0.4) is 0 Å². The highest BCUT2D eigenvalue weighted by Crippen LogP contribution is 2.16. The van der Waals surface area contributed by atoms with E-state index in [1.165, 1.54) is 17.9 Å². The first-order valence-corrected chi connectivity index (χ1v) is 9.48. The van der Waals surface area contributed by atoms with E-state index in [1.807, 2.05) is 57.2 Å². The second-order valence-corrected chi connectivity index (χ2v) is 7.43. The van der Waals surface area contributed by atoms with Crippen LogP contribution < -0.4 is 5.73 Å². The molecule has 0 saturated heterocycles. The van der Waals surface area contributed by atoms with Crippen LogP contribution in [0.4, 0.5) is 5.69 Å². The molecule has 0 atom stereocenters. The quantitative estimate of drug-likeness (QED) is 0.344. The molecule has 2 aromatic carbocycles. The van der Waals surface area contributed by atoms with Crippen molar-refractivity contribution in [2.45, 2.75) is 27.2 Å². The van der Waals surface area contributed by atoms with Crippen molar-refractivity contribution in [1.82, 2.24) is 0 Å². The number of ketones is 1. The van der Waals surface area contributed by atoms with Gasteiger partial charge in [0.25, 0.3) is 0 Å². The van der Waals surface area contributed by atoms with Gasteiger partial charge in [-0.1, -0.05) is 37.9 Å². The summed E-state index contributed by atoms with van der Waals surface area (Å²) in [4.78, 5) is 11.5. The van der Waals surface area contributed by atoms with Crippen molar-refractivity contribution in [2.75, 3.05) is 12.3 Å². The largest absolute Gasteiger partial charge is 0.501 e. The van der Waals surface area contributed by atoms with Crippen molar-refractivity contribution in [3.05, 3.63) is 74.4 Å². The Hall–Kier alpha value is -1.59. The van der Waals surface area contributed by atoms with E-state index in [-0.39, 0.29) is 5.78 Å². The third-order valence-electron chi connectivity index (χ3n) is 3.06. The second kappa shape index (κ2) is 11.1. The summed E-state index contributed by atoms with van der Waals surface area (Å²) in [5.41, 5.74) is 9.68. The van der Waals surface area contributed by atoms with Gasteiger partial charge in [0, 0.05) is 27.1 Å². The van der Waals surface area contributed by atoms with Gasteiger partial charge < -0.3 is 10.5 Å². The van der Waals surface area contributed by atoms with Gasteiger partial charge in [-0.15, -0.1) is 0 Å². The summed E-state index contributed by atoms with van der Waals surface area (Å²) >= 11 is 6.75. The van der Waals surface area contributed by atoms with Gasteiger partial charge in [-0.25, -0.2) is 0 Å². The minimum Gasteiger partial charge on any atom is -0.501 e. The smallest absolute Gasteiger partial charge is 0.163 e. The molecule has 2 N–H and O–H groups in total. The average Bonchev–Trinajstić information content (AvgIpc) is 2.45. The summed E-state index contributed by atoms with van der Waals surface area (Å²) in [6.45, 7) is 6.49. The van der Waals surface area contributed by atoms with Crippen molar-refractivity contribution < 1.29 is 9.53 Å². The molecule has 0 fully saturated rings. The van der Waals surface area contributed by atoms with Gasteiger partial charge in [0.1, 0.15) is 0 Å². The zero-order valence-corrected chi connectivity index (χ0v) is 17.9. The Morgan fingerprint density at radius 3 is 2.16 bits per heavy atom. The SMILES string of the molecule is CCO/C=C/C(=O)Cc1cc(C)cc(Br)c1.Cc1cc(N)cc(Br)c1. The predicted molar refractivity (Wildman–Crippen MR) is 112 cm³/mol. The Balaban J connectivity index is 0.000000293. The summed E-state index contributed by atoms with van der Waals surface area (Å²) in [5.74, 6) is 0.0472. The molecular formula is C20H23Br2NO2. The van der Waals surface area contributed by atoms with Crippen LogP contribution in [0.15, 0.2) is 57.7 Å². The molecule has 0 aliphatic carbocycles. The first-order chi connectivity index (χ1) is 11.8. The van der Waals surface area contributed by atoms with Crippen LogP contribution in [-0.4, -0.2) is 12.4 Å². The fourth-order valence-electron chi connectivity index (χ4n) is 2.16. The normalized spacial score (nSPS) is 10.3. The van der Waals surface area contributed by atoms with Gasteiger partial charge in [-0.3, -0.25) is 4.79 Å². The van der Waals surface area contributed by atoms with Crippen LogP contribution >= 0.6 is 31.9 Å². The number of nitrogens with two attached hydrogens (primary N) is 1. The van der Waals surface area contributed by atoms with Crippen LogP contribution in [0.5, 0.6) is 0 Å². The number of allylic oxidation sites excluding steroid dienone is 1. The molecule has 2 rings (SSSR count). The van der Waals surface area contributed by atoms with E-state index in [4.69, 9.17) is 10.5 Å². The first kappa shape index (κ1) is 21.5. The second-order valence-electron chi connectivity index (χ2n) is 5.60. The van der Waals surface area contributed by atoms with Crippen molar-refractivity contribution in [3.8, 4) is 0 Å².